The molecule has 2 rings (SSSR count). The molecule has 0 radical (unpaired) electrons. The molecule has 0 spiro atoms. The summed E-state index contributed by atoms with van der Waals surface area (Å²) in [4.78, 5) is 25.1. The Labute approximate surface area is 113 Å². The Kier molecular flexibility index (Phi) is 4.33. The molecule has 0 aromatic heterocycles. The molecule has 18 heavy (non-hydrogen) atoms. The Morgan fingerprint density at radius 2 is 2.00 bits per heavy atom. The molecule has 0 unspecified atom stereocenters. The first-order valence-corrected chi connectivity index (χ1v) is 6.40. The lowest BCUT2D eigenvalue weighted by Gasteiger charge is -2.26. The van der Waals surface area contributed by atoms with Gasteiger partial charge in [0, 0.05) is 23.2 Å². The Morgan fingerprint density at radius 3 is 2.67 bits per heavy atom. The zero-order valence-electron chi connectivity index (χ0n) is 9.69. The Bertz CT molecular complexity index is 458. The van der Waals surface area contributed by atoms with E-state index in [2.05, 4.69) is 21.2 Å². The number of nitrogens with one attached hydrogen (secondary N) is 1. The topological polar surface area (TPSA) is 58.6 Å². The van der Waals surface area contributed by atoms with Crippen molar-refractivity contribution in [1.82, 2.24) is 4.90 Å². The van der Waals surface area contributed by atoms with E-state index < -0.39 is 11.8 Å². The number of hydrogen-bond acceptors (Lipinski definition) is 3. The van der Waals surface area contributed by atoms with Gasteiger partial charge >= 0.3 is 11.8 Å². The molecule has 1 heterocycles. The van der Waals surface area contributed by atoms with Crippen molar-refractivity contribution in [2.75, 3.05) is 31.6 Å². The number of rotatable bonds is 1. The van der Waals surface area contributed by atoms with Crippen molar-refractivity contribution in [2.24, 2.45) is 0 Å². The molecule has 6 heteroatoms. The Hall–Kier alpha value is -1.40. The Morgan fingerprint density at radius 1 is 1.28 bits per heavy atom. The zero-order valence-corrected chi connectivity index (χ0v) is 11.3. The van der Waals surface area contributed by atoms with E-state index in [0.29, 0.717) is 32.0 Å². The lowest BCUT2D eigenvalue weighted by Crippen LogP contribution is -2.45. The number of morpholine rings is 1. The molecule has 2 amide bonds. The van der Waals surface area contributed by atoms with Gasteiger partial charge in [0.05, 0.1) is 13.2 Å². The number of carbonyl (C=O) groups is 2. The van der Waals surface area contributed by atoms with Crippen molar-refractivity contribution in [3.05, 3.63) is 28.7 Å². The number of carbonyl (C=O) groups excluding carboxylic acids is 2. The molecule has 1 saturated heterocycles. The van der Waals surface area contributed by atoms with E-state index in [-0.39, 0.29) is 0 Å². The van der Waals surface area contributed by atoms with Gasteiger partial charge in [-0.15, -0.1) is 0 Å². The second kappa shape index (κ2) is 5.97. The average molecular weight is 313 g/mol. The van der Waals surface area contributed by atoms with Crippen molar-refractivity contribution in [1.29, 1.82) is 0 Å². The van der Waals surface area contributed by atoms with Crippen LogP contribution in [-0.4, -0.2) is 43.0 Å². The molecule has 1 fully saturated rings. The summed E-state index contributed by atoms with van der Waals surface area (Å²) in [7, 11) is 0. The number of anilines is 1. The van der Waals surface area contributed by atoms with Gasteiger partial charge in [-0.3, -0.25) is 9.59 Å². The van der Waals surface area contributed by atoms with Crippen LogP contribution >= 0.6 is 15.9 Å². The molecule has 96 valence electrons. The fourth-order valence-corrected chi connectivity index (χ4v) is 2.06. The van der Waals surface area contributed by atoms with Crippen LogP contribution in [0.3, 0.4) is 0 Å². The fourth-order valence-electron chi connectivity index (χ4n) is 1.66. The van der Waals surface area contributed by atoms with E-state index in [0.717, 1.165) is 4.47 Å². The monoisotopic (exact) mass is 312 g/mol. The van der Waals surface area contributed by atoms with Gasteiger partial charge in [0.15, 0.2) is 0 Å². The highest BCUT2D eigenvalue weighted by atomic mass is 79.9. The third-order valence-corrected chi connectivity index (χ3v) is 3.07. The summed E-state index contributed by atoms with van der Waals surface area (Å²) in [5.74, 6) is -1.13. The number of nitrogens with zero attached hydrogens (tertiary/aromatic N) is 1. The van der Waals surface area contributed by atoms with Gasteiger partial charge in [0.25, 0.3) is 0 Å². The van der Waals surface area contributed by atoms with Gasteiger partial charge < -0.3 is 15.0 Å². The molecule has 0 atom stereocenters. The quantitative estimate of drug-likeness (QED) is 0.794. The van der Waals surface area contributed by atoms with E-state index in [1.165, 1.54) is 4.90 Å². The van der Waals surface area contributed by atoms with Gasteiger partial charge in [-0.25, -0.2) is 0 Å². The third-order valence-electron chi connectivity index (χ3n) is 2.58. The number of ether oxygens (including phenoxy) is 1. The molecule has 5 nitrogen and oxygen atoms in total. The minimum absolute atomic E-state index is 0.463. The molecule has 1 N–H and O–H groups in total. The van der Waals surface area contributed by atoms with Crippen molar-refractivity contribution in [3.63, 3.8) is 0 Å². The molecular formula is C12H13BrN2O3. The first kappa shape index (κ1) is 13.0. The van der Waals surface area contributed by atoms with Crippen molar-refractivity contribution in [3.8, 4) is 0 Å². The van der Waals surface area contributed by atoms with Crippen LogP contribution in [0.1, 0.15) is 0 Å². The average Bonchev–Trinajstić information content (AvgIpc) is 2.39. The summed E-state index contributed by atoms with van der Waals surface area (Å²) < 4.78 is 5.98. The van der Waals surface area contributed by atoms with Gasteiger partial charge in [-0.2, -0.15) is 0 Å². The maximum absolute atomic E-state index is 11.8. The van der Waals surface area contributed by atoms with Gasteiger partial charge in [-0.1, -0.05) is 22.0 Å². The van der Waals surface area contributed by atoms with Crippen molar-refractivity contribution in [2.45, 2.75) is 0 Å². The number of hydrogen-bond donors (Lipinski definition) is 1. The van der Waals surface area contributed by atoms with E-state index in [1.54, 1.807) is 18.2 Å². The highest BCUT2D eigenvalue weighted by Gasteiger charge is 2.23. The van der Waals surface area contributed by atoms with Crippen LogP contribution in [0.15, 0.2) is 28.7 Å². The largest absolute Gasteiger partial charge is 0.378 e. The van der Waals surface area contributed by atoms with Gasteiger partial charge in [-0.05, 0) is 18.2 Å². The minimum atomic E-state index is -0.616. The number of amides is 2. The molecule has 0 saturated carbocycles. The summed E-state index contributed by atoms with van der Waals surface area (Å²) in [6.07, 6.45) is 0. The molecule has 0 bridgehead atoms. The summed E-state index contributed by atoms with van der Waals surface area (Å²) >= 11 is 3.30. The normalized spacial score (nSPS) is 15.3. The van der Waals surface area contributed by atoms with E-state index in [4.69, 9.17) is 4.74 Å². The molecule has 1 aromatic carbocycles. The lowest BCUT2D eigenvalue weighted by molar-refractivity contribution is -0.145. The van der Waals surface area contributed by atoms with Crippen molar-refractivity contribution < 1.29 is 14.3 Å². The van der Waals surface area contributed by atoms with Crippen LogP contribution in [0.5, 0.6) is 0 Å². The minimum Gasteiger partial charge on any atom is -0.378 e. The number of halogens is 1. The van der Waals surface area contributed by atoms with Gasteiger partial charge in [0.2, 0.25) is 0 Å². The summed E-state index contributed by atoms with van der Waals surface area (Å²) in [6, 6.07) is 7.11. The second-order valence-corrected chi connectivity index (χ2v) is 4.78. The first-order valence-electron chi connectivity index (χ1n) is 5.60. The smallest absolute Gasteiger partial charge is 0.313 e. The molecule has 1 aromatic rings. The van der Waals surface area contributed by atoms with Crippen LogP contribution < -0.4 is 5.32 Å². The maximum atomic E-state index is 11.8. The molecule has 1 aliphatic heterocycles. The summed E-state index contributed by atoms with van der Waals surface area (Å²) in [5.41, 5.74) is 0.594. The summed E-state index contributed by atoms with van der Waals surface area (Å²) in [5, 5.41) is 2.58. The van der Waals surface area contributed by atoms with Crippen LogP contribution in [0.25, 0.3) is 0 Å². The van der Waals surface area contributed by atoms with Crippen LogP contribution in [0.4, 0.5) is 5.69 Å². The molecule has 1 aliphatic rings. The molecule has 0 aliphatic carbocycles. The van der Waals surface area contributed by atoms with E-state index >= 15 is 0 Å². The lowest BCUT2D eigenvalue weighted by atomic mass is 10.3. The maximum Gasteiger partial charge on any atom is 0.313 e. The van der Waals surface area contributed by atoms with E-state index in [9.17, 15) is 9.59 Å². The fraction of sp³-hybridized carbons (Fsp3) is 0.333. The predicted octanol–water partition coefficient (Wildman–Crippen LogP) is 1.25. The molecular weight excluding hydrogens is 300 g/mol. The predicted molar refractivity (Wildman–Crippen MR) is 70.2 cm³/mol. The van der Waals surface area contributed by atoms with E-state index in [1.807, 2.05) is 6.07 Å². The Balaban J connectivity index is 1.96. The van der Waals surface area contributed by atoms with Gasteiger partial charge in [0.1, 0.15) is 0 Å². The highest BCUT2D eigenvalue weighted by molar-refractivity contribution is 9.10. The highest BCUT2D eigenvalue weighted by Crippen LogP contribution is 2.15. The zero-order chi connectivity index (χ0) is 13.0. The van der Waals surface area contributed by atoms with Crippen LogP contribution in [0, 0.1) is 0 Å². The summed E-state index contributed by atoms with van der Waals surface area (Å²) in [6.45, 7) is 1.89. The SMILES string of the molecule is O=C(Nc1cccc(Br)c1)C(=O)N1CCOCC1. The van der Waals surface area contributed by atoms with Crippen LogP contribution in [-0.2, 0) is 14.3 Å². The third kappa shape index (κ3) is 3.30. The first-order chi connectivity index (χ1) is 8.66. The second-order valence-electron chi connectivity index (χ2n) is 3.87. The number of benzene rings is 1. The van der Waals surface area contributed by atoms with Crippen molar-refractivity contribution >= 4 is 33.4 Å². The van der Waals surface area contributed by atoms with Crippen LogP contribution in [0.2, 0.25) is 0 Å². The standard InChI is InChI=1S/C12H13BrN2O3/c13-9-2-1-3-10(8-9)14-11(16)12(17)15-4-6-18-7-5-15/h1-3,8H,4-7H2,(H,14,16).